The Morgan fingerprint density at radius 2 is 1.94 bits per heavy atom. The maximum atomic E-state index is 5.64. The van der Waals surface area contributed by atoms with Gasteiger partial charge in [-0.2, -0.15) is 0 Å². The second-order valence-corrected chi connectivity index (χ2v) is 5.38. The highest BCUT2D eigenvalue weighted by Gasteiger charge is 2.08. The molecule has 0 saturated carbocycles. The average molecular weight is 349 g/mol. The first-order valence-electron chi connectivity index (χ1n) is 4.99. The van der Waals surface area contributed by atoms with E-state index in [9.17, 15) is 0 Å². The molecule has 0 fully saturated rings. The number of ether oxygens (including phenoxy) is 1. The third kappa shape index (κ3) is 3.92. The maximum absolute atomic E-state index is 5.64. The van der Waals surface area contributed by atoms with Gasteiger partial charge in [0.2, 0.25) is 0 Å². The van der Waals surface area contributed by atoms with Gasteiger partial charge < -0.3 is 10.5 Å². The largest absolute Gasteiger partial charge is 0.487 e. The number of hydrogen-bond donors (Lipinski definition) is 1. The fraction of sp³-hybridized carbons (Fsp3) is 0.333. The van der Waals surface area contributed by atoms with Crippen LogP contribution in [0.1, 0.15) is 12.5 Å². The van der Waals surface area contributed by atoms with Gasteiger partial charge in [0, 0.05) is 0 Å². The topological polar surface area (TPSA) is 35.2 Å². The van der Waals surface area contributed by atoms with Crippen molar-refractivity contribution in [2.24, 2.45) is 5.73 Å². The minimum Gasteiger partial charge on any atom is -0.487 e. The zero-order valence-corrected chi connectivity index (χ0v) is 12.4. The number of hydrogen-bond acceptors (Lipinski definition) is 2. The molecular formula is C12H15Br2NO. The van der Waals surface area contributed by atoms with Gasteiger partial charge in [0.05, 0.1) is 8.95 Å². The van der Waals surface area contributed by atoms with Gasteiger partial charge in [-0.15, -0.1) is 0 Å². The molecule has 2 nitrogen and oxygen atoms in total. The molecule has 0 atom stereocenters. The fourth-order valence-corrected chi connectivity index (χ4v) is 2.77. The van der Waals surface area contributed by atoms with Gasteiger partial charge in [-0.3, -0.25) is 0 Å². The maximum Gasteiger partial charge on any atom is 0.148 e. The Hall–Kier alpha value is -0.320. The molecule has 0 aliphatic carbocycles. The number of rotatable bonds is 5. The molecule has 0 radical (unpaired) electrons. The van der Waals surface area contributed by atoms with Crippen molar-refractivity contribution in [3.63, 3.8) is 0 Å². The van der Waals surface area contributed by atoms with Crippen LogP contribution in [0, 0.1) is 0 Å². The Labute approximate surface area is 113 Å². The fourth-order valence-electron chi connectivity index (χ4n) is 1.26. The smallest absolute Gasteiger partial charge is 0.148 e. The Morgan fingerprint density at radius 3 is 2.38 bits per heavy atom. The zero-order chi connectivity index (χ0) is 12.1. The van der Waals surface area contributed by atoms with Gasteiger partial charge in [-0.1, -0.05) is 6.58 Å². The summed E-state index contributed by atoms with van der Waals surface area (Å²) in [5.74, 6) is 0.809. The van der Waals surface area contributed by atoms with Crippen molar-refractivity contribution in [1.29, 1.82) is 0 Å². The molecule has 0 heterocycles. The van der Waals surface area contributed by atoms with E-state index in [1.807, 2.05) is 19.1 Å². The molecule has 1 aromatic carbocycles. The summed E-state index contributed by atoms with van der Waals surface area (Å²) in [6.07, 6.45) is 0.859. The van der Waals surface area contributed by atoms with E-state index in [0.29, 0.717) is 13.2 Å². The third-order valence-corrected chi connectivity index (χ3v) is 3.13. The monoisotopic (exact) mass is 347 g/mol. The van der Waals surface area contributed by atoms with Crippen molar-refractivity contribution in [2.45, 2.75) is 13.3 Å². The van der Waals surface area contributed by atoms with E-state index < -0.39 is 0 Å². The first-order chi connectivity index (χ1) is 7.54. The molecule has 0 spiro atoms. The summed E-state index contributed by atoms with van der Waals surface area (Å²) in [7, 11) is 0. The normalized spacial score (nSPS) is 10.2. The van der Waals surface area contributed by atoms with Crippen molar-refractivity contribution >= 4 is 31.9 Å². The Balaban J connectivity index is 2.89. The lowest BCUT2D eigenvalue weighted by molar-refractivity contribution is 0.348. The van der Waals surface area contributed by atoms with Crippen LogP contribution in [0.15, 0.2) is 33.2 Å². The quantitative estimate of drug-likeness (QED) is 0.824. The van der Waals surface area contributed by atoms with Crippen LogP contribution >= 0.6 is 31.9 Å². The lowest BCUT2D eigenvalue weighted by Crippen LogP contribution is -2.04. The Bertz CT molecular complexity index is 368. The summed E-state index contributed by atoms with van der Waals surface area (Å²) < 4.78 is 7.51. The molecule has 1 rings (SSSR count). The van der Waals surface area contributed by atoms with Crippen LogP contribution in [0.2, 0.25) is 0 Å². The predicted octanol–water partition coefficient (Wildman–Crippen LogP) is 3.67. The van der Waals surface area contributed by atoms with E-state index in [4.69, 9.17) is 10.5 Å². The standard InChI is InChI=1S/C12H15Br2NO/c1-8(2)7-16-12-10(13)5-9(3-4-15)6-11(12)14/h5-6H,1,3-4,7,15H2,2H3. The molecule has 2 N–H and O–H groups in total. The molecule has 0 aliphatic rings. The number of halogens is 2. The van der Waals surface area contributed by atoms with Gasteiger partial charge >= 0.3 is 0 Å². The lowest BCUT2D eigenvalue weighted by atomic mass is 10.1. The molecule has 0 amide bonds. The summed E-state index contributed by atoms with van der Waals surface area (Å²) in [5.41, 5.74) is 7.70. The molecule has 0 aliphatic heterocycles. The summed E-state index contributed by atoms with van der Waals surface area (Å²) in [6.45, 7) is 6.90. The highest BCUT2D eigenvalue weighted by atomic mass is 79.9. The van der Waals surface area contributed by atoms with Crippen LogP contribution in [0.3, 0.4) is 0 Å². The van der Waals surface area contributed by atoms with Crippen LogP contribution < -0.4 is 10.5 Å². The molecule has 0 unspecified atom stereocenters. The molecule has 0 saturated heterocycles. The molecule has 0 aromatic heterocycles. The van der Waals surface area contributed by atoms with Crippen molar-refractivity contribution in [3.05, 3.63) is 38.8 Å². The molecule has 1 aromatic rings. The van der Waals surface area contributed by atoms with Gasteiger partial charge in [-0.25, -0.2) is 0 Å². The van der Waals surface area contributed by atoms with Crippen LogP contribution in [0.4, 0.5) is 0 Å². The first-order valence-corrected chi connectivity index (χ1v) is 6.58. The van der Waals surface area contributed by atoms with E-state index in [1.165, 1.54) is 5.56 Å². The van der Waals surface area contributed by atoms with Crippen molar-refractivity contribution in [2.75, 3.05) is 13.2 Å². The number of nitrogens with two attached hydrogens (primary N) is 1. The van der Waals surface area contributed by atoms with Crippen LogP contribution in [-0.4, -0.2) is 13.2 Å². The van der Waals surface area contributed by atoms with Crippen LogP contribution in [-0.2, 0) is 6.42 Å². The second-order valence-electron chi connectivity index (χ2n) is 3.67. The molecule has 16 heavy (non-hydrogen) atoms. The minimum absolute atomic E-state index is 0.521. The van der Waals surface area contributed by atoms with Gasteiger partial charge in [-0.05, 0) is 75.0 Å². The molecule has 88 valence electrons. The van der Waals surface area contributed by atoms with E-state index in [1.54, 1.807) is 0 Å². The molecule has 0 bridgehead atoms. The van der Waals surface area contributed by atoms with Crippen molar-refractivity contribution < 1.29 is 4.74 Å². The second kappa shape index (κ2) is 6.42. The van der Waals surface area contributed by atoms with E-state index in [0.717, 1.165) is 26.7 Å². The summed E-state index contributed by atoms with van der Waals surface area (Å²) >= 11 is 6.99. The highest BCUT2D eigenvalue weighted by molar-refractivity contribution is 9.11. The van der Waals surface area contributed by atoms with Crippen molar-refractivity contribution in [3.8, 4) is 5.75 Å². The lowest BCUT2D eigenvalue weighted by Gasteiger charge is -2.12. The summed E-state index contributed by atoms with van der Waals surface area (Å²) in [6, 6.07) is 4.07. The Kier molecular flexibility index (Phi) is 5.52. The molecule has 4 heteroatoms. The first kappa shape index (κ1) is 13.7. The van der Waals surface area contributed by atoms with E-state index >= 15 is 0 Å². The molecular weight excluding hydrogens is 334 g/mol. The summed E-state index contributed by atoms with van der Waals surface area (Å²) in [5, 5.41) is 0. The Morgan fingerprint density at radius 1 is 1.38 bits per heavy atom. The van der Waals surface area contributed by atoms with Crippen LogP contribution in [0.5, 0.6) is 5.75 Å². The van der Waals surface area contributed by atoms with Gasteiger partial charge in [0.1, 0.15) is 12.4 Å². The minimum atomic E-state index is 0.521. The average Bonchev–Trinajstić information content (AvgIpc) is 2.16. The SMILES string of the molecule is C=C(C)COc1c(Br)cc(CCN)cc1Br. The summed E-state index contributed by atoms with van der Waals surface area (Å²) in [4.78, 5) is 0. The highest BCUT2D eigenvalue weighted by Crippen LogP contribution is 2.35. The van der Waals surface area contributed by atoms with Gasteiger partial charge in [0.25, 0.3) is 0 Å². The van der Waals surface area contributed by atoms with Gasteiger partial charge in [0.15, 0.2) is 0 Å². The van der Waals surface area contributed by atoms with Crippen molar-refractivity contribution in [1.82, 2.24) is 0 Å². The van der Waals surface area contributed by atoms with Crippen LogP contribution in [0.25, 0.3) is 0 Å². The number of benzene rings is 1. The predicted molar refractivity (Wildman–Crippen MR) is 74.9 cm³/mol. The zero-order valence-electron chi connectivity index (χ0n) is 9.22. The van der Waals surface area contributed by atoms with E-state index in [2.05, 4.69) is 38.4 Å². The van der Waals surface area contributed by atoms with E-state index in [-0.39, 0.29) is 0 Å². The third-order valence-electron chi connectivity index (χ3n) is 1.95.